The highest BCUT2D eigenvalue weighted by molar-refractivity contribution is 5.94. The molecule has 0 aromatic heterocycles. The molecule has 5 nitrogen and oxygen atoms in total. The van der Waals surface area contributed by atoms with Crippen LogP contribution in [-0.4, -0.2) is 17.7 Å². The van der Waals surface area contributed by atoms with Crippen LogP contribution in [0.3, 0.4) is 0 Å². The van der Waals surface area contributed by atoms with Crippen molar-refractivity contribution in [2.24, 2.45) is 0 Å². The van der Waals surface area contributed by atoms with Crippen LogP contribution in [0.15, 0.2) is 12.1 Å². The Labute approximate surface area is 130 Å². The van der Waals surface area contributed by atoms with E-state index in [0.29, 0.717) is 5.56 Å². The number of hydrogen-bond acceptors (Lipinski definition) is 5. The third-order valence-corrected chi connectivity index (χ3v) is 3.20. The quantitative estimate of drug-likeness (QED) is 0.596. The topological polar surface area (TPSA) is 69.7 Å². The molecule has 0 aliphatic rings. The van der Waals surface area contributed by atoms with Gasteiger partial charge in [0, 0.05) is 19.4 Å². The van der Waals surface area contributed by atoms with Crippen molar-refractivity contribution in [3.8, 4) is 0 Å². The summed E-state index contributed by atoms with van der Waals surface area (Å²) < 4.78 is 10.2. The van der Waals surface area contributed by atoms with Gasteiger partial charge in [0.25, 0.3) is 0 Å². The molecule has 120 valence electrons. The number of Topliss-reactive ketones (excluding diaryl/α,β-unsaturated/α-hetero) is 1. The predicted octanol–water partition coefficient (Wildman–Crippen LogP) is 3.14. The number of carbonyl (C=O) groups excluding carboxylic acids is 3. The lowest BCUT2D eigenvalue weighted by molar-refractivity contribution is -0.142. The maximum absolute atomic E-state index is 11.7. The first-order valence-corrected chi connectivity index (χ1v) is 7.15. The lowest BCUT2D eigenvalue weighted by Crippen LogP contribution is -2.11. The Kier molecular flexibility index (Phi) is 6.28. The Balaban J connectivity index is 3.33. The Morgan fingerprint density at radius 3 is 1.59 bits per heavy atom. The first kappa shape index (κ1) is 17.9. The van der Waals surface area contributed by atoms with Crippen molar-refractivity contribution in [1.82, 2.24) is 0 Å². The number of ether oxygens (including phenoxy) is 2. The van der Waals surface area contributed by atoms with Crippen LogP contribution in [0.4, 0.5) is 0 Å². The van der Waals surface area contributed by atoms with Crippen molar-refractivity contribution in [2.75, 3.05) is 0 Å². The minimum atomic E-state index is -0.385. The van der Waals surface area contributed by atoms with Crippen molar-refractivity contribution in [2.45, 2.75) is 53.8 Å². The molecule has 0 N–H and O–H groups in total. The molecule has 0 saturated carbocycles. The van der Waals surface area contributed by atoms with Crippen LogP contribution < -0.4 is 0 Å². The van der Waals surface area contributed by atoms with E-state index in [1.165, 1.54) is 20.8 Å². The molecular formula is C17H22O5. The molecule has 1 rings (SSSR count). The first-order valence-electron chi connectivity index (χ1n) is 7.15. The van der Waals surface area contributed by atoms with E-state index in [-0.39, 0.29) is 36.9 Å². The van der Waals surface area contributed by atoms with E-state index in [1.807, 2.05) is 13.8 Å². The molecule has 0 amide bonds. The Bertz CT molecular complexity index is 548. The van der Waals surface area contributed by atoms with Crippen molar-refractivity contribution in [3.63, 3.8) is 0 Å². The summed E-state index contributed by atoms with van der Waals surface area (Å²) in [5.74, 6) is -0.727. The smallest absolute Gasteiger partial charge is 0.302 e. The molecule has 22 heavy (non-hydrogen) atoms. The van der Waals surface area contributed by atoms with Gasteiger partial charge in [-0.25, -0.2) is 0 Å². The van der Waals surface area contributed by atoms with Crippen molar-refractivity contribution < 1.29 is 23.9 Å². The predicted molar refractivity (Wildman–Crippen MR) is 81.5 cm³/mol. The molecule has 0 unspecified atom stereocenters. The molecule has 0 heterocycles. The van der Waals surface area contributed by atoms with Crippen LogP contribution >= 0.6 is 0 Å². The summed E-state index contributed by atoms with van der Waals surface area (Å²) in [4.78, 5) is 33.8. The Hall–Kier alpha value is -2.17. The highest BCUT2D eigenvalue weighted by atomic mass is 16.5. The van der Waals surface area contributed by atoms with Gasteiger partial charge in [-0.15, -0.1) is 0 Å². The summed E-state index contributed by atoms with van der Waals surface area (Å²) in [5, 5.41) is 0. The summed E-state index contributed by atoms with van der Waals surface area (Å²) in [7, 11) is 0. The molecule has 0 fully saturated rings. The van der Waals surface area contributed by atoms with Crippen molar-refractivity contribution in [3.05, 3.63) is 34.4 Å². The largest absolute Gasteiger partial charge is 0.461 e. The fraction of sp³-hybridized carbons (Fsp3) is 0.471. The second-order valence-electron chi connectivity index (χ2n) is 5.48. The van der Waals surface area contributed by atoms with Crippen LogP contribution in [0.5, 0.6) is 0 Å². The maximum Gasteiger partial charge on any atom is 0.302 e. The van der Waals surface area contributed by atoms with Crippen molar-refractivity contribution >= 4 is 17.7 Å². The maximum atomic E-state index is 11.7. The van der Waals surface area contributed by atoms with E-state index >= 15 is 0 Å². The highest BCUT2D eigenvalue weighted by Crippen LogP contribution is 2.27. The van der Waals surface area contributed by atoms with Gasteiger partial charge in [-0.2, -0.15) is 0 Å². The van der Waals surface area contributed by atoms with Crippen LogP contribution in [0.1, 0.15) is 67.6 Å². The fourth-order valence-corrected chi connectivity index (χ4v) is 2.32. The monoisotopic (exact) mass is 306 g/mol. The molecule has 0 saturated heterocycles. The summed E-state index contributed by atoms with van der Waals surface area (Å²) in [6.07, 6.45) is 0. The molecule has 0 aliphatic heterocycles. The number of ketones is 1. The van der Waals surface area contributed by atoms with Crippen LogP contribution in [0.2, 0.25) is 0 Å². The van der Waals surface area contributed by atoms with Crippen LogP contribution in [-0.2, 0) is 32.3 Å². The number of esters is 2. The van der Waals surface area contributed by atoms with Crippen LogP contribution in [0, 0.1) is 0 Å². The molecule has 5 heteroatoms. The number of rotatable bonds is 6. The van der Waals surface area contributed by atoms with Gasteiger partial charge in [-0.3, -0.25) is 14.4 Å². The molecule has 0 radical (unpaired) electrons. The van der Waals surface area contributed by atoms with E-state index in [4.69, 9.17) is 9.47 Å². The lowest BCUT2D eigenvalue weighted by atomic mass is 9.89. The molecule has 0 bridgehead atoms. The zero-order valence-electron chi connectivity index (χ0n) is 13.7. The van der Waals surface area contributed by atoms with E-state index in [2.05, 4.69) is 0 Å². The van der Waals surface area contributed by atoms with Crippen molar-refractivity contribution in [1.29, 1.82) is 0 Å². The lowest BCUT2D eigenvalue weighted by Gasteiger charge is -2.19. The molecule has 1 aromatic rings. The van der Waals surface area contributed by atoms with Gasteiger partial charge in [-0.1, -0.05) is 13.8 Å². The van der Waals surface area contributed by atoms with Gasteiger partial charge in [0.15, 0.2) is 5.78 Å². The fourth-order valence-electron chi connectivity index (χ4n) is 2.32. The summed E-state index contributed by atoms with van der Waals surface area (Å²) in [6, 6.07) is 3.47. The number of benzene rings is 1. The standard InChI is InChI=1S/C17H22O5/c1-10(2)17-15(8-21-12(4)19)6-14(11(3)18)7-16(17)9-22-13(5)20/h6-7,10H,8-9H2,1-5H3. The summed E-state index contributed by atoms with van der Waals surface area (Å²) in [5.41, 5.74) is 2.97. The van der Waals surface area contributed by atoms with Gasteiger partial charge >= 0.3 is 11.9 Å². The highest BCUT2D eigenvalue weighted by Gasteiger charge is 2.17. The second-order valence-corrected chi connectivity index (χ2v) is 5.48. The number of carbonyl (C=O) groups is 3. The van der Waals surface area contributed by atoms with Gasteiger partial charge < -0.3 is 9.47 Å². The number of hydrogen-bond donors (Lipinski definition) is 0. The van der Waals surface area contributed by atoms with Crippen LogP contribution in [0.25, 0.3) is 0 Å². The zero-order chi connectivity index (χ0) is 16.9. The average molecular weight is 306 g/mol. The minimum Gasteiger partial charge on any atom is -0.461 e. The first-order chi connectivity index (χ1) is 10.2. The SMILES string of the molecule is CC(=O)OCc1cc(C(C)=O)cc(COC(C)=O)c1C(C)C. The second kappa shape index (κ2) is 7.73. The van der Waals surface area contributed by atoms with Gasteiger partial charge in [0.05, 0.1) is 0 Å². The summed E-state index contributed by atoms with van der Waals surface area (Å²) in [6.45, 7) is 8.32. The molecular weight excluding hydrogens is 284 g/mol. The van der Waals surface area contributed by atoms with Gasteiger partial charge in [-0.05, 0) is 41.7 Å². The van der Waals surface area contributed by atoms with E-state index in [1.54, 1.807) is 12.1 Å². The Morgan fingerprint density at radius 1 is 0.909 bits per heavy atom. The molecule has 0 spiro atoms. The normalized spacial score (nSPS) is 10.5. The third kappa shape index (κ3) is 4.98. The molecule has 0 atom stereocenters. The van der Waals surface area contributed by atoms with Gasteiger partial charge in [0.1, 0.15) is 13.2 Å². The third-order valence-electron chi connectivity index (χ3n) is 3.20. The van der Waals surface area contributed by atoms with Gasteiger partial charge in [0.2, 0.25) is 0 Å². The van der Waals surface area contributed by atoms with E-state index < -0.39 is 0 Å². The summed E-state index contributed by atoms with van der Waals surface area (Å²) >= 11 is 0. The zero-order valence-corrected chi connectivity index (χ0v) is 13.7. The minimum absolute atomic E-state index is 0.0940. The van der Waals surface area contributed by atoms with E-state index in [9.17, 15) is 14.4 Å². The molecule has 1 aromatic carbocycles. The van der Waals surface area contributed by atoms with E-state index in [0.717, 1.165) is 16.7 Å². The Morgan fingerprint density at radius 2 is 1.32 bits per heavy atom. The molecule has 0 aliphatic carbocycles. The average Bonchev–Trinajstić information content (AvgIpc) is 2.41.